The minimum Gasteiger partial charge on any atom is -0.462 e. The van der Waals surface area contributed by atoms with Crippen LogP contribution >= 0.6 is 0 Å². The SMILES string of the molecule is CCC(C(=O)OC1CCCCCCC1)C(C(=O)OC1CCCCCCC1)(C(=O)OC1CCCCCCC1)C(=O)OC1CCCCCCC1. The molecular formula is C40H66O8. The van der Waals surface area contributed by atoms with Crippen molar-refractivity contribution in [1.29, 1.82) is 0 Å². The van der Waals surface area contributed by atoms with Gasteiger partial charge in [0.15, 0.2) is 0 Å². The van der Waals surface area contributed by atoms with Crippen molar-refractivity contribution >= 4 is 23.9 Å². The Labute approximate surface area is 290 Å². The van der Waals surface area contributed by atoms with Crippen LogP contribution in [0, 0.1) is 11.3 Å². The van der Waals surface area contributed by atoms with Crippen LogP contribution in [0.15, 0.2) is 0 Å². The lowest BCUT2D eigenvalue weighted by molar-refractivity contribution is -0.202. The Hall–Kier alpha value is -2.12. The van der Waals surface area contributed by atoms with E-state index in [2.05, 4.69) is 0 Å². The molecule has 8 heteroatoms. The van der Waals surface area contributed by atoms with Crippen LogP contribution in [0.5, 0.6) is 0 Å². The van der Waals surface area contributed by atoms with E-state index in [0.29, 0.717) is 38.5 Å². The first-order chi connectivity index (χ1) is 23.4. The summed E-state index contributed by atoms with van der Waals surface area (Å²) < 4.78 is 24.8. The quantitative estimate of drug-likeness (QED) is 0.128. The summed E-state index contributed by atoms with van der Waals surface area (Å²) in [5.41, 5.74) is -2.57. The fourth-order valence-electron chi connectivity index (χ4n) is 8.45. The molecule has 4 rings (SSSR count). The van der Waals surface area contributed by atoms with E-state index >= 15 is 0 Å². The van der Waals surface area contributed by atoms with Gasteiger partial charge in [-0.15, -0.1) is 0 Å². The zero-order valence-electron chi connectivity index (χ0n) is 30.2. The normalized spacial score (nSPS) is 23.3. The van der Waals surface area contributed by atoms with Crippen LogP contribution in [0.3, 0.4) is 0 Å². The summed E-state index contributed by atoms with van der Waals surface area (Å²) in [7, 11) is 0. The number of esters is 4. The minimum absolute atomic E-state index is 0.0465. The number of hydrogen-bond donors (Lipinski definition) is 0. The monoisotopic (exact) mass is 674 g/mol. The highest BCUT2D eigenvalue weighted by molar-refractivity contribution is 6.20. The van der Waals surface area contributed by atoms with E-state index in [1.807, 2.05) is 0 Å². The van der Waals surface area contributed by atoms with E-state index in [9.17, 15) is 19.2 Å². The zero-order chi connectivity index (χ0) is 34.0. The molecule has 4 aliphatic carbocycles. The molecule has 0 aromatic carbocycles. The maximum absolute atomic E-state index is 14.8. The highest BCUT2D eigenvalue weighted by Gasteiger charge is 2.66. The van der Waals surface area contributed by atoms with Gasteiger partial charge in [-0.2, -0.15) is 0 Å². The summed E-state index contributed by atoms with van der Waals surface area (Å²) in [5.74, 6) is -5.04. The molecule has 0 heterocycles. The Morgan fingerprint density at radius 2 is 0.646 bits per heavy atom. The molecule has 0 aromatic heterocycles. The Bertz CT molecular complexity index is 873. The van der Waals surface area contributed by atoms with E-state index in [4.69, 9.17) is 18.9 Å². The van der Waals surface area contributed by atoms with Crippen molar-refractivity contribution in [1.82, 2.24) is 0 Å². The largest absolute Gasteiger partial charge is 0.462 e. The lowest BCUT2D eigenvalue weighted by Crippen LogP contribution is -2.58. The lowest BCUT2D eigenvalue weighted by atomic mass is 9.73. The van der Waals surface area contributed by atoms with E-state index in [0.717, 1.165) is 135 Å². The van der Waals surface area contributed by atoms with Gasteiger partial charge in [0.2, 0.25) is 0 Å². The van der Waals surface area contributed by atoms with Gasteiger partial charge < -0.3 is 18.9 Å². The second-order valence-electron chi connectivity index (χ2n) is 15.3. The van der Waals surface area contributed by atoms with Gasteiger partial charge in [-0.25, -0.2) is 0 Å². The molecule has 1 atom stereocenters. The topological polar surface area (TPSA) is 105 Å². The van der Waals surface area contributed by atoms with Crippen molar-refractivity contribution in [3.05, 3.63) is 0 Å². The molecule has 48 heavy (non-hydrogen) atoms. The van der Waals surface area contributed by atoms with E-state index in [1.165, 1.54) is 6.42 Å². The Kier molecular flexibility index (Phi) is 17.1. The molecule has 0 bridgehead atoms. The van der Waals surface area contributed by atoms with Crippen molar-refractivity contribution in [2.75, 3.05) is 0 Å². The Morgan fingerprint density at radius 1 is 0.417 bits per heavy atom. The van der Waals surface area contributed by atoms with Crippen molar-refractivity contribution in [2.45, 2.75) is 218 Å². The average Bonchev–Trinajstić information content (AvgIpc) is 3.00. The lowest BCUT2D eigenvalue weighted by Gasteiger charge is -2.37. The molecule has 0 aliphatic heterocycles. The van der Waals surface area contributed by atoms with Gasteiger partial charge in [0.1, 0.15) is 24.4 Å². The molecule has 0 radical (unpaired) electrons. The maximum Gasteiger partial charge on any atom is 0.336 e. The highest BCUT2D eigenvalue weighted by Crippen LogP contribution is 2.41. The van der Waals surface area contributed by atoms with Crippen LogP contribution in [-0.2, 0) is 38.1 Å². The summed E-state index contributed by atoms with van der Waals surface area (Å²) in [6.45, 7) is 1.74. The molecule has 8 nitrogen and oxygen atoms in total. The third-order valence-corrected chi connectivity index (χ3v) is 11.5. The van der Waals surface area contributed by atoms with Gasteiger partial charge >= 0.3 is 23.9 Å². The molecule has 4 fully saturated rings. The first-order valence-corrected chi connectivity index (χ1v) is 20.3. The number of hydrogen-bond acceptors (Lipinski definition) is 8. The first-order valence-electron chi connectivity index (χ1n) is 20.3. The van der Waals surface area contributed by atoms with Crippen molar-refractivity contribution < 1.29 is 38.1 Å². The van der Waals surface area contributed by atoms with Crippen molar-refractivity contribution in [2.24, 2.45) is 11.3 Å². The number of carbonyl (C=O) groups is 4. The molecule has 0 aromatic rings. The molecule has 1 unspecified atom stereocenters. The molecule has 4 saturated carbocycles. The maximum atomic E-state index is 14.8. The summed E-state index contributed by atoms with van der Waals surface area (Å²) >= 11 is 0. The summed E-state index contributed by atoms with van der Waals surface area (Å²) in [6.07, 6.45) is 24.4. The van der Waals surface area contributed by atoms with E-state index in [1.54, 1.807) is 6.92 Å². The highest BCUT2D eigenvalue weighted by atomic mass is 16.6. The Morgan fingerprint density at radius 3 is 0.896 bits per heavy atom. The third kappa shape index (κ3) is 11.5. The minimum atomic E-state index is -2.57. The predicted molar refractivity (Wildman–Crippen MR) is 185 cm³/mol. The van der Waals surface area contributed by atoms with Gasteiger partial charge in [-0.3, -0.25) is 19.2 Å². The van der Waals surface area contributed by atoms with E-state index < -0.39 is 53.5 Å². The van der Waals surface area contributed by atoms with Crippen LogP contribution in [-0.4, -0.2) is 48.3 Å². The number of carbonyl (C=O) groups excluding carboxylic acids is 4. The molecule has 0 N–H and O–H groups in total. The van der Waals surface area contributed by atoms with Gasteiger partial charge in [0, 0.05) is 0 Å². The second kappa shape index (κ2) is 21.2. The van der Waals surface area contributed by atoms with Crippen LogP contribution in [0.4, 0.5) is 0 Å². The molecule has 0 saturated heterocycles. The van der Waals surface area contributed by atoms with Crippen LogP contribution < -0.4 is 0 Å². The average molecular weight is 675 g/mol. The first kappa shape index (κ1) is 38.7. The van der Waals surface area contributed by atoms with E-state index in [-0.39, 0.29) is 12.5 Å². The third-order valence-electron chi connectivity index (χ3n) is 11.5. The Balaban J connectivity index is 1.72. The van der Waals surface area contributed by atoms with Crippen LogP contribution in [0.25, 0.3) is 0 Å². The summed E-state index contributed by atoms with van der Waals surface area (Å²) in [4.78, 5) is 58.8. The van der Waals surface area contributed by atoms with Gasteiger partial charge in [0.05, 0.1) is 5.92 Å². The van der Waals surface area contributed by atoms with Gasteiger partial charge in [-0.05, 0) is 109 Å². The number of ether oxygens (including phenoxy) is 4. The summed E-state index contributed by atoms with van der Waals surface area (Å²) in [5, 5.41) is 0. The van der Waals surface area contributed by atoms with Crippen LogP contribution in [0.1, 0.15) is 193 Å². The molecule has 4 aliphatic rings. The standard InChI is InChI=1S/C40H66O8/c1-2-35(36(41)45-31-23-15-7-3-8-16-24-31)40(37(42)46-32-25-17-9-4-10-18-26-32,38(43)47-33-27-19-11-5-12-20-28-33)39(44)48-34-29-21-13-6-14-22-30-34/h31-35H,2-30H2,1H3. The molecule has 0 spiro atoms. The molecule has 274 valence electrons. The van der Waals surface area contributed by atoms with Crippen LogP contribution in [0.2, 0.25) is 0 Å². The zero-order valence-corrected chi connectivity index (χ0v) is 30.2. The van der Waals surface area contributed by atoms with Crippen molar-refractivity contribution in [3.63, 3.8) is 0 Å². The fourth-order valence-corrected chi connectivity index (χ4v) is 8.45. The predicted octanol–water partition coefficient (Wildman–Crippen LogP) is 9.62. The number of rotatable bonds is 10. The fraction of sp³-hybridized carbons (Fsp3) is 0.900. The van der Waals surface area contributed by atoms with Gasteiger partial charge in [-0.1, -0.05) is 84.0 Å². The molecular weight excluding hydrogens is 608 g/mol. The van der Waals surface area contributed by atoms with Gasteiger partial charge in [0.25, 0.3) is 5.41 Å². The summed E-state index contributed by atoms with van der Waals surface area (Å²) in [6, 6.07) is 0. The second-order valence-corrected chi connectivity index (χ2v) is 15.3. The smallest absolute Gasteiger partial charge is 0.336 e. The van der Waals surface area contributed by atoms with Crippen molar-refractivity contribution in [3.8, 4) is 0 Å². The molecule has 0 amide bonds.